The number of carbonyl (C=O) groups is 1. The number of fused-ring (bicyclic) bond motifs is 1. The molecular formula is C23H24N2O3S2. The molecule has 156 valence electrons. The van der Waals surface area contributed by atoms with Crippen molar-refractivity contribution in [2.24, 2.45) is 0 Å². The van der Waals surface area contributed by atoms with Gasteiger partial charge in [-0.05, 0) is 53.8 Å². The van der Waals surface area contributed by atoms with E-state index in [9.17, 15) is 13.2 Å². The van der Waals surface area contributed by atoms with E-state index in [-0.39, 0.29) is 22.6 Å². The number of sulfonamides is 1. The lowest BCUT2D eigenvalue weighted by Gasteiger charge is -2.28. The SMILES string of the molecule is O=C(N[C@H]1CCCc2ccccc21)[C@@H](Cc1ccccc1)NS(=O)(=O)c1cccs1. The Hall–Kier alpha value is -2.48. The summed E-state index contributed by atoms with van der Waals surface area (Å²) < 4.78 is 28.4. The van der Waals surface area contributed by atoms with Crippen LogP contribution in [-0.2, 0) is 27.7 Å². The second-order valence-corrected chi connectivity index (χ2v) is 10.3. The zero-order chi connectivity index (χ0) is 21.0. The zero-order valence-electron chi connectivity index (χ0n) is 16.5. The standard InChI is InChI=1S/C23H24N2O3S2/c26-23(24-20-13-6-11-18-10-4-5-12-19(18)20)21(16-17-8-2-1-3-9-17)25-30(27,28)22-14-7-15-29-22/h1-5,7-10,12,14-15,20-21,25H,6,11,13,16H2,(H,24,26)/t20-,21+/m0/s1. The van der Waals surface area contributed by atoms with E-state index in [1.165, 1.54) is 5.56 Å². The van der Waals surface area contributed by atoms with Gasteiger partial charge >= 0.3 is 0 Å². The Morgan fingerprint density at radius 2 is 1.80 bits per heavy atom. The van der Waals surface area contributed by atoms with Gasteiger partial charge in [-0.3, -0.25) is 4.79 Å². The van der Waals surface area contributed by atoms with Gasteiger partial charge in [0.2, 0.25) is 5.91 Å². The number of hydrogen-bond donors (Lipinski definition) is 2. The van der Waals surface area contributed by atoms with Gasteiger partial charge in [0.1, 0.15) is 10.3 Å². The van der Waals surface area contributed by atoms with Gasteiger partial charge in [-0.1, -0.05) is 60.7 Å². The van der Waals surface area contributed by atoms with Gasteiger partial charge in [-0.15, -0.1) is 11.3 Å². The molecule has 1 heterocycles. The third-order valence-corrected chi connectivity index (χ3v) is 8.21. The Morgan fingerprint density at radius 3 is 2.57 bits per heavy atom. The van der Waals surface area contributed by atoms with Crippen molar-refractivity contribution in [3.63, 3.8) is 0 Å². The molecule has 7 heteroatoms. The number of amides is 1. The minimum Gasteiger partial charge on any atom is -0.348 e. The van der Waals surface area contributed by atoms with Gasteiger partial charge in [-0.25, -0.2) is 8.42 Å². The largest absolute Gasteiger partial charge is 0.348 e. The van der Waals surface area contributed by atoms with E-state index in [0.717, 1.165) is 41.7 Å². The lowest BCUT2D eigenvalue weighted by atomic mass is 9.87. The highest BCUT2D eigenvalue weighted by molar-refractivity contribution is 7.91. The quantitative estimate of drug-likeness (QED) is 0.586. The zero-order valence-corrected chi connectivity index (χ0v) is 18.1. The van der Waals surface area contributed by atoms with E-state index in [1.807, 2.05) is 48.5 Å². The molecule has 1 aliphatic rings. The highest BCUT2D eigenvalue weighted by Gasteiger charge is 2.29. The van der Waals surface area contributed by atoms with Crippen LogP contribution >= 0.6 is 11.3 Å². The second-order valence-electron chi connectivity index (χ2n) is 7.45. The van der Waals surface area contributed by atoms with Crippen LogP contribution in [0.3, 0.4) is 0 Å². The van der Waals surface area contributed by atoms with Gasteiger partial charge in [0.25, 0.3) is 10.0 Å². The van der Waals surface area contributed by atoms with Crippen LogP contribution in [0.4, 0.5) is 0 Å². The molecule has 0 fully saturated rings. The number of thiophene rings is 1. The normalized spacial score (nSPS) is 17.1. The summed E-state index contributed by atoms with van der Waals surface area (Å²) in [6, 6.07) is 19.8. The summed E-state index contributed by atoms with van der Waals surface area (Å²) >= 11 is 1.13. The van der Waals surface area contributed by atoms with E-state index >= 15 is 0 Å². The third kappa shape index (κ3) is 4.80. The number of aryl methyl sites for hydroxylation is 1. The molecule has 30 heavy (non-hydrogen) atoms. The first kappa shape index (κ1) is 20.8. The maximum atomic E-state index is 13.2. The van der Waals surface area contributed by atoms with E-state index in [0.29, 0.717) is 0 Å². The maximum Gasteiger partial charge on any atom is 0.250 e. The Balaban J connectivity index is 1.57. The Kier molecular flexibility index (Phi) is 6.32. The highest BCUT2D eigenvalue weighted by atomic mass is 32.2. The fourth-order valence-corrected chi connectivity index (χ4v) is 6.08. The van der Waals surface area contributed by atoms with E-state index in [4.69, 9.17) is 0 Å². The van der Waals surface area contributed by atoms with Crippen LogP contribution in [0, 0.1) is 0 Å². The van der Waals surface area contributed by atoms with Crippen LogP contribution in [0.2, 0.25) is 0 Å². The second kappa shape index (κ2) is 9.12. The van der Waals surface area contributed by atoms with Crippen molar-refractivity contribution in [1.29, 1.82) is 0 Å². The van der Waals surface area contributed by atoms with Crippen LogP contribution in [0.5, 0.6) is 0 Å². The molecule has 0 unspecified atom stereocenters. The van der Waals surface area contributed by atoms with Crippen molar-refractivity contribution in [3.05, 3.63) is 88.8 Å². The Morgan fingerprint density at radius 1 is 1.03 bits per heavy atom. The average molecular weight is 441 g/mol. The lowest BCUT2D eigenvalue weighted by molar-refractivity contribution is -0.123. The predicted octanol–water partition coefficient (Wildman–Crippen LogP) is 3.83. The summed E-state index contributed by atoms with van der Waals surface area (Å²) in [5, 5.41) is 4.81. The highest BCUT2D eigenvalue weighted by Crippen LogP contribution is 2.29. The van der Waals surface area contributed by atoms with Crippen LogP contribution in [0.1, 0.15) is 35.6 Å². The van der Waals surface area contributed by atoms with Crippen LogP contribution < -0.4 is 10.0 Å². The minimum atomic E-state index is -3.77. The van der Waals surface area contributed by atoms with Crippen LogP contribution in [0.15, 0.2) is 76.3 Å². The fourth-order valence-electron chi connectivity index (χ4n) is 3.88. The average Bonchev–Trinajstić information content (AvgIpc) is 3.30. The smallest absolute Gasteiger partial charge is 0.250 e. The molecule has 0 radical (unpaired) electrons. The monoisotopic (exact) mass is 440 g/mol. The van der Waals surface area contributed by atoms with Gasteiger partial charge < -0.3 is 5.32 Å². The van der Waals surface area contributed by atoms with Crippen LogP contribution in [0.25, 0.3) is 0 Å². The van der Waals surface area contributed by atoms with Crippen molar-refractivity contribution in [2.75, 3.05) is 0 Å². The summed E-state index contributed by atoms with van der Waals surface area (Å²) in [6.07, 6.45) is 3.12. The van der Waals surface area contributed by atoms with E-state index < -0.39 is 16.1 Å². The number of hydrogen-bond acceptors (Lipinski definition) is 4. The molecule has 3 aromatic rings. The number of benzene rings is 2. The molecule has 0 spiro atoms. The first-order valence-electron chi connectivity index (χ1n) is 10.0. The first-order valence-corrected chi connectivity index (χ1v) is 12.4. The van der Waals surface area contributed by atoms with Crippen molar-refractivity contribution in [2.45, 2.75) is 42.0 Å². The summed E-state index contributed by atoms with van der Waals surface area (Å²) in [5.74, 6) is -0.305. The number of rotatable bonds is 7. The first-order chi connectivity index (χ1) is 14.5. The number of nitrogens with one attached hydrogen (secondary N) is 2. The molecule has 2 aromatic carbocycles. The van der Waals surface area contributed by atoms with E-state index in [1.54, 1.807) is 17.5 Å². The molecule has 1 aromatic heterocycles. The molecule has 1 amide bonds. The topological polar surface area (TPSA) is 75.3 Å². The van der Waals surface area contributed by atoms with Crippen molar-refractivity contribution in [3.8, 4) is 0 Å². The fraction of sp³-hybridized carbons (Fsp3) is 0.261. The lowest BCUT2D eigenvalue weighted by Crippen LogP contribution is -2.49. The van der Waals surface area contributed by atoms with Crippen molar-refractivity contribution >= 4 is 27.3 Å². The third-order valence-electron chi connectivity index (χ3n) is 5.34. The van der Waals surface area contributed by atoms with Gasteiger partial charge in [0, 0.05) is 0 Å². The Labute approximate surface area is 181 Å². The van der Waals surface area contributed by atoms with Gasteiger partial charge in [-0.2, -0.15) is 4.72 Å². The molecule has 0 saturated carbocycles. The van der Waals surface area contributed by atoms with Gasteiger partial charge in [0.15, 0.2) is 0 Å². The molecule has 2 atom stereocenters. The van der Waals surface area contributed by atoms with Crippen molar-refractivity contribution < 1.29 is 13.2 Å². The molecule has 0 bridgehead atoms. The molecular weight excluding hydrogens is 416 g/mol. The molecule has 0 saturated heterocycles. The number of carbonyl (C=O) groups excluding carboxylic acids is 1. The molecule has 1 aliphatic carbocycles. The predicted molar refractivity (Wildman–Crippen MR) is 119 cm³/mol. The minimum absolute atomic E-state index is 0.105. The summed E-state index contributed by atoms with van der Waals surface area (Å²) in [7, 11) is -3.77. The summed E-state index contributed by atoms with van der Waals surface area (Å²) in [5.41, 5.74) is 3.26. The van der Waals surface area contributed by atoms with Crippen molar-refractivity contribution in [1.82, 2.24) is 10.0 Å². The van der Waals surface area contributed by atoms with Crippen LogP contribution in [-0.4, -0.2) is 20.4 Å². The summed E-state index contributed by atoms with van der Waals surface area (Å²) in [6.45, 7) is 0. The Bertz CT molecular complexity index is 1100. The van der Waals surface area contributed by atoms with E-state index in [2.05, 4.69) is 16.1 Å². The molecule has 0 aliphatic heterocycles. The summed E-state index contributed by atoms with van der Waals surface area (Å²) in [4.78, 5) is 13.2. The maximum absolute atomic E-state index is 13.2. The molecule has 4 rings (SSSR count). The molecule has 5 nitrogen and oxygen atoms in total. The van der Waals surface area contributed by atoms with Gasteiger partial charge in [0.05, 0.1) is 6.04 Å². The molecule has 2 N–H and O–H groups in total.